The van der Waals surface area contributed by atoms with Crippen LogP contribution in [-0.4, -0.2) is 75.7 Å². The Hall–Kier alpha value is -2.37. The third-order valence-electron chi connectivity index (χ3n) is 3.42. The second-order valence-corrected chi connectivity index (χ2v) is 5.00. The van der Waals surface area contributed by atoms with Crippen molar-refractivity contribution < 1.29 is 32.6 Å². The number of morpholine rings is 1. The molecule has 1 unspecified atom stereocenters. The molecule has 0 saturated carbocycles. The molecule has 2 aliphatic heterocycles. The van der Waals surface area contributed by atoms with Crippen LogP contribution in [0.3, 0.4) is 0 Å². The van der Waals surface area contributed by atoms with Gasteiger partial charge >= 0.3 is 12.1 Å². The largest absolute Gasteiger partial charge is 0.490 e. The molecule has 24 heavy (non-hydrogen) atoms. The van der Waals surface area contributed by atoms with Gasteiger partial charge in [0.25, 0.3) is 0 Å². The van der Waals surface area contributed by atoms with Gasteiger partial charge in [0.15, 0.2) is 0 Å². The quantitative estimate of drug-likeness (QED) is 0.740. The number of nitrogens with one attached hydrogen (secondary N) is 1. The van der Waals surface area contributed by atoms with Crippen molar-refractivity contribution >= 4 is 17.8 Å². The van der Waals surface area contributed by atoms with Gasteiger partial charge in [0, 0.05) is 19.6 Å². The van der Waals surface area contributed by atoms with Gasteiger partial charge < -0.3 is 20.1 Å². The summed E-state index contributed by atoms with van der Waals surface area (Å²) in [6.45, 7) is 3.36. The molecule has 1 fully saturated rings. The minimum absolute atomic E-state index is 0.126. The highest BCUT2D eigenvalue weighted by atomic mass is 19.4. The molecular formula is C12H16F3N5O4. The number of carbonyl (C=O) groups excluding carboxylic acids is 1. The second kappa shape index (κ2) is 7.47. The van der Waals surface area contributed by atoms with Crippen LogP contribution in [0.1, 0.15) is 12.5 Å². The maximum atomic E-state index is 12.4. The minimum Gasteiger partial charge on any atom is -0.475 e. The number of carboxylic acids is 1. The maximum Gasteiger partial charge on any atom is 0.490 e. The molecule has 0 radical (unpaired) electrons. The lowest BCUT2D eigenvalue weighted by Gasteiger charge is -2.32. The zero-order chi connectivity index (χ0) is 17.7. The number of ether oxygens (including phenoxy) is 1. The van der Waals surface area contributed by atoms with Crippen LogP contribution in [0.25, 0.3) is 0 Å². The number of carbonyl (C=O) groups is 2. The number of aliphatic carboxylic acids is 1. The van der Waals surface area contributed by atoms with Gasteiger partial charge in [0.2, 0.25) is 11.9 Å². The number of fused-ring (bicyclic) bond motifs is 1. The number of alkyl halides is 3. The first-order chi connectivity index (χ1) is 11.3. The number of carboxylic acid groups (broad SMARTS) is 1. The molecule has 134 valence electrons. The van der Waals surface area contributed by atoms with Crippen molar-refractivity contribution in [2.45, 2.75) is 18.6 Å². The molecular weight excluding hydrogens is 335 g/mol. The number of hydrogen-bond donors (Lipinski definition) is 2. The number of hydrogen-bond acceptors (Lipinski definition) is 6. The maximum absolute atomic E-state index is 12.4. The molecule has 2 aliphatic rings. The molecule has 0 bridgehead atoms. The van der Waals surface area contributed by atoms with Gasteiger partial charge in [0.05, 0.1) is 13.2 Å². The van der Waals surface area contributed by atoms with Gasteiger partial charge in [-0.05, 0) is 6.42 Å². The van der Waals surface area contributed by atoms with Crippen molar-refractivity contribution in [1.29, 1.82) is 0 Å². The molecule has 0 aromatic carbocycles. The van der Waals surface area contributed by atoms with Crippen molar-refractivity contribution in [2.75, 3.05) is 38.2 Å². The highest BCUT2D eigenvalue weighted by Crippen LogP contribution is 2.22. The number of amides is 1. The summed E-state index contributed by atoms with van der Waals surface area (Å²) >= 11 is 0. The standard InChI is InChI=1S/C10H15N5O2.C2HF3O2/c16-9(14-3-5-17-6-4-14)8-1-2-11-10-12-7-13-15(8)10;3-2(4,5)1(6)7/h7-8H,1-6H2,(H,11,12,13);(H,6,7). The van der Waals surface area contributed by atoms with E-state index in [2.05, 4.69) is 15.4 Å². The van der Waals surface area contributed by atoms with Crippen molar-refractivity contribution in [3.8, 4) is 0 Å². The number of nitrogens with zero attached hydrogens (tertiary/aromatic N) is 4. The van der Waals surface area contributed by atoms with Crippen molar-refractivity contribution in [2.24, 2.45) is 0 Å². The smallest absolute Gasteiger partial charge is 0.475 e. The van der Waals surface area contributed by atoms with Gasteiger partial charge in [-0.3, -0.25) is 4.79 Å². The Balaban J connectivity index is 0.000000256. The van der Waals surface area contributed by atoms with Gasteiger partial charge in [-0.15, -0.1) is 0 Å². The lowest BCUT2D eigenvalue weighted by atomic mass is 10.1. The first kappa shape index (κ1) is 18.0. The van der Waals surface area contributed by atoms with Crippen molar-refractivity contribution in [3.05, 3.63) is 6.33 Å². The lowest BCUT2D eigenvalue weighted by Crippen LogP contribution is -2.45. The van der Waals surface area contributed by atoms with E-state index in [1.165, 1.54) is 6.33 Å². The van der Waals surface area contributed by atoms with Crippen LogP contribution in [0, 0.1) is 0 Å². The fraction of sp³-hybridized carbons (Fsp3) is 0.667. The first-order valence-electron chi connectivity index (χ1n) is 7.10. The molecule has 0 aliphatic carbocycles. The van der Waals surface area contributed by atoms with Crippen LogP contribution in [-0.2, 0) is 14.3 Å². The molecule has 1 aromatic rings. The van der Waals surface area contributed by atoms with E-state index < -0.39 is 12.1 Å². The summed E-state index contributed by atoms with van der Waals surface area (Å²) in [5, 5.41) is 14.4. The predicted octanol–water partition coefficient (Wildman–Crippen LogP) is 0.127. The van der Waals surface area contributed by atoms with Crippen LogP contribution in [0.5, 0.6) is 0 Å². The SMILES string of the molecule is O=C(C1CCNc2ncnn21)N1CCOCC1.O=C(O)C(F)(F)F. The van der Waals surface area contributed by atoms with E-state index in [9.17, 15) is 18.0 Å². The Morgan fingerprint density at radius 3 is 2.54 bits per heavy atom. The molecule has 12 heteroatoms. The van der Waals surface area contributed by atoms with E-state index in [1.807, 2.05) is 4.90 Å². The highest BCUT2D eigenvalue weighted by molar-refractivity contribution is 5.81. The fourth-order valence-corrected chi connectivity index (χ4v) is 2.27. The summed E-state index contributed by atoms with van der Waals surface area (Å²) in [4.78, 5) is 27.2. The Bertz CT molecular complexity index is 585. The van der Waals surface area contributed by atoms with E-state index in [4.69, 9.17) is 14.6 Å². The van der Waals surface area contributed by atoms with E-state index in [-0.39, 0.29) is 11.9 Å². The molecule has 1 aromatic heterocycles. The molecule has 3 heterocycles. The summed E-state index contributed by atoms with van der Waals surface area (Å²) < 4.78 is 38.7. The normalized spacial score (nSPS) is 20.3. The van der Waals surface area contributed by atoms with Gasteiger partial charge in [0.1, 0.15) is 12.4 Å². The Kier molecular flexibility index (Phi) is 5.59. The van der Waals surface area contributed by atoms with Crippen LogP contribution in [0.2, 0.25) is 0 Å². The zero-order valence-electron chi connectivity index (χ0n) is 12.5. The monoisotopic (exact) mass is 351 g/mol. The molecule has 1 saturated heterocycles. The second-order valence-electron chi connectivity index (χ2n) is 5.00. The Morgan fingerprint density at radius 1 is 1.33 bits per heavy atom. The summed E-state index contributed by atoms with van der Waals surface area (Å²) in [5.41, 5.74) is 0. The average Bonchev–Trinajstić information content (AvgIpc) is 3.03. The lowest BCUT2D eigenvalue weighted by molar-refractivity contribution is -0.192. The predicted molar refractivity (Wildman–Crippen MR) is 73.3 cm³/mol. The van der Waals surface area contributed by atoms with Crippen molar-refractivity contribution in [1.82, 2.24) is 19.7 Å². The van der Waals surface area contributed by atoms with E-state index in [0.717, 1.165) is 13.0 Å². The topological polar surface area (TPSA) is 110 Å². The highest BCUT2D eigenvalue weighted by Gasteiger charge is 2.38. The molecule has 0 spiro atoms. The Morgan fingerprint density at radius 2 is 1.96 bits per heavy atom. The minimum atomic E-state index is -5.08. The van der Waals surface area contributed by atoms with Gasteiger partial charge in [-0.25, -0.2) is 9.48 Å². The summed E-state index contributed by atoms with van der Waals surface area (Å²) in [6.07, 6.45) is -2.85. The van der Waals surface area contributed by atoms with Crippen LogP contribution < -0.4 is 5.32 Å². The molecule has 1 atom stereocenters. The summed E-state index contributed by atoms with van der Waals surface area (Å²) in [5.74, 6) is -1.95. The third-order valence-corrected chi connectivity index (χ3v) is 3.42. The van der Waals surface area contributed by atoms with E-state index in [0.29, 0.717) is 32.3 Å². The average molecular weight is 351 g/mol. The van der Waals surface area contributed by atoms with Crippen molar-refractivity contribution in [3.63, 3.8) is 0 Å². The summed E-state index contributed by atoms with van der Waals surface area (Å²) in [6, 6.07) is -0.216. The van der Waals surface area contributed by atoms with E-state index in [1.54, 1.807) is 4.68 Å². The number of rotatable bonds is 1. The molecule has 3 rings (SSSR count). The first-order valence-corrected chi connectivity index (χ1v) is 7.10. The van der Waals surface area contributed by atoms with Gasteiger partial charge in [-0.1, -0.05) is 0 Å². The number of halogens is 3. The van der Waals surface area contributed by atoms with Crippen LogP contribution in [0.4, 0.5) is 19.1 Å². The Labute approximate surface area is 134 Å². The third kappa shape index (κ3) is 4.34. The number of aromatic nitrogens is 3. The zero-order valence-corrected chi connectivity index (χ0v) is 12.5. The van der Waals surface area contributed by atoms with E-state index >= 15 is 0 Å². The van der Waals surface area contributed by atoms with Gasteiger partial charge in [-0.2, -0.15) is 23.3 Å². The molecule has 2 N–H and O–H groups in total. The fourth-order valence-electron chi connectivity index (χ4n) is 2.27. The van der Waals surface area contributed by atoms with Crippen LogP contribution >= 0.6 is 0 Å². The number of anilines is 1. The van der Waals surface area contributed by atoms with Crippen LogP contribution in [0.15, 0.2) is 6.33 Å². The molecule has 9 nitrogen and oxygen atoms in total. The summed E-state index contributed by atoms with van der Waals surface area (Å²) in [7, 11) is 0. The molecule has 1 amide bonds.